The number of hydrogen-bond acceptors (Lipinski definition) is 5. The number of aliphatic imine (C=N–C) groups is 1. The molecule has 0 aliphatic carbocycles. The van der Waals surface area contributed by atoms with Gasteiger partial charge in [-0.2, -0.15) is 8.78 Å². The van der Waals surface area contributed by atoms with E-state index >= 15 is 0 Å². The number of aliphatic hydroxyl groups excluding tert-OH is 2. The second-order valence-corrected chi connectivity index (χ2v) is 5.26. The highest BCUT2D eigenvalue weighted by molar-refractivity contribution is 6.18. The van der Waals surface area contributed by atoms with Crippen molar-refractivity contribution < 1.29 is 33.0 Å². The zero-order valence-electron chi connectivity index (χ0n) is 9.96. The average molecular weight is 311 g/mol. The van der Waals surface area contributed by atoms with Crippen LogP contribution in [0.2, 0.25) is 0 Å². The molecule has 0 aromatic heterocycles. The van der Waals surface area contributed by atoms with E-state index in [1.807, 2.05) is 0 Å². The monoisotopic (exact) mass is 310 g/mol. The molecule has 4 N–H and O–H groups in total. The number of carbonyl (C=O) groups excluding carboxylic acids is 1. The van der Waals surface area contributed by atoms with E-state index in [0.717, 1.165) is 0 Å². The van der Waals surface area contributed by atoms with Crippen molar-refractivity contribution in [3.63, 3.8) is 0 Å². The number of alkyl halides is 2. The van der Waals surface area contributed by atoms with Gasteiger partial charge < -0.3 is 20.7 Å². The Balaban J connectivity index is 2.03. The number of amidine groups is 1. The van der Waals surface area contributed by atoms with Gasteiger partial charge in [0, 0.05) is 0 Å². The Morgan fingerprint density at radius 1 is 1.65 bits per heavy atom. The number of quaternary nitrogens is 1. The van der Waals surface area contributed by atoms with Gasteiger partial charge in [-0.1, -0.05) is 0 Å². The number of rotatable bonds is 2. The number of hydrogen-bond donors (Lipinski definition) is 3. The summed E-state index contributed by atoms with van der Waals surface area (Å²) in [5.41, 5.74) is 3.41. The van der Waals surface area contributed by atoms with Gasteiger partial charge in [-0.25, -0.2) is 4.79 Å². The summed E-state index contributed by atoms with van der Waals surface area (Å²) in [6, 6.07) is -1.09. The molecule has 0 radical (unpaired) electrons. The molecular weight excluding hydrogens is 300 g/mol. The molecule has 20 heavy (non-hydrogen) atoms. The Kier molecular flexibility index (Phi) is 2.59. The predicted molar refractivity (Wildman–Crippen MR) is 61.7 cm³/mol. The van der Waals surface area contributed by atoms with Crippen LogP contribution in [0.3, 0.4) is 0 Å². The van der Waals surface area contributed by atoms with E-state index in [-0.39, 0.29) is 0 Å². The standard InChI is InChI=1S/C10H10ClF2N3O4/c11-2-9(3-17)6(18)10(13)7(20-9)16(10)1-4(12)5(14)15-8(16)19/h1,6-7,17-18H,2-3H2,(H-,14,15,19)/p+1/t6-,7-,9-,10-,16?/m1/s1. The number of fused-ring (bicyclic) bond motifs is 3. The molecule has 2 fully saturated rings. The molecule has 0 aromatic rings. The summed E-state index contributed by atoms with van der Waals surface area (Å²) in [4.78, 5) is 15.1. The van der Waals surface area contributed by atoms with Crippen LogP contribution in [-0.2, 0) is 4.74 Å². The highest BCUT2D eigenvalue weighted by Gasteiger charge is 2.97. The topological polar surface area (TPSA) is 105 Å². The fraction of sp³-hybridized carbons (Fsp3) is 0.600. The number of urea groups is 1. The Bertz CT molecular complexity index is 567. The van der Waals surface area contributed by atoms with Gasteiger partial charge in [0.1, 0.15) is 5.60 Å². The van der Waals surface area contributed by atoms with Crippen LogP contribution in [0.5, 0.6) is 0 Å². The SMILES string of the molecule is NC1=NC(=O)[N+]2(C=C1F)[C@@H]1O[C@@](CO)(CCl)[C@@H](O)[C@]12F. The number of amides is 2. The van der Waals surface area contributed by atoms with Crippen molar-refractivity contribution in [1.29, 1.82) is 0 Å². The molecule has 2 amide bonds. The van der Waals surface area contributed by atoms with E-state index in [9.17, 15) is 23.8 Å². The quantitative estimate of drug-likeness (QED) is 0.275. The molecule has 3 aliphatic heterocycles. The van der Waals surface area contributed by atoms with Crippen LogP contribution in [0.15, 0.2) is 17.0 Å². The van der Waals surface area contributed by atoms with Crippen molar-refractivity contribution >= 4 is 23.5 Å². The number of halogens is 3. The summed E-state index contributed by atoms with van der Waals surface area (Å²) in [5.74, 6) is -4.77. The smallest absolute Gasteiger partial charge is 0.393 e. The molecular formula is C10H11ClF2N3O4+. The second-order valence-electron chi connectivity index (χ2n) is 4.99. The second kappa shape index (κ2) is 3.74. The van der Waals surface area contributed by atoms with Crippen molar-refractivity contribution in [2.75, 3.05) is 12.5 Å². The first-order valence-corrected chi connectivity index (χ1v) is 6.21. The van der Waals surface area contributed by atoms with Crippen molar-refractivity contribution in [2.24, 2.45) is 10.7 Å². The minimum atomic E-state index is -2.64. The summed E-state index contributed by atoms with van der Waals surface area (Å²) in [6.07, 6.45) is -2.81. The first-order chi connectivity index (χ1) is 9.30. The van der Waals surface area contributed by atoms with Crippen LogP contribution < -0.4 is 5.73 Å². The summed E-state index contributed by atoms with van der Waals surface area (Å²) >= 11 is 5.58. The molecule has 3 aliphatic rings. The van der Waals surface area contributed by atoms with E-state index in [1.54, 1.807) is 0 Å². The summed E-state index contributed by atoms with van der Waals surface area (Å²) in [6.45, 7) is -0.744. The first-order valence-electron chi connectivity index (χ1n) is 5.67. The highest BCUT2D eigenvalue weighted by Crippen LogP contribution is 2.65. The fourth-order valence-electron chi connectivity index (χ4n) is 2.78. The van der Waals surface area contributed by atoms with Crippen LogP contribution in [0.25, 0.3) is 0 Å². The third-order valence-electron chi connectivity index (χ3n) is 4.03. The lowest BCUT2D eigenvalue weighted by molar-refractivity contribution is -0.747. The van der Waals surface area contributed by atoms with Gasteiger partial charge in [0.2, 0.25) is 5.83 Å². The van der Waals surface area contributed by atoms with Crippen LogP contribution in [0.4, 0.5) is 13.6 Å². The van der Waals surface area contributed by atoms with Gasteiger partial charge in [0.15, 0.2) is 18.1 Å². The van der Waals surface area contributed by atoms with E-state index < -0.39 is 58.4 Å². The zero-order chi connectivity index (χ0) is 14.9. The Labute approximate surface area is 116 Å². The van der Waals surface area contributed by atoms with Gasteiger partial charge >= 0.3 is 18.1 Å². The molecule has 2 saturated heterocycles. The van der Waals surface area contributed by atoms with Crippen molar-refractivity contribution in [3.8, 4) is 0 Å². The molecule has 5 atom stereocenters. The Morgan fingerprint density at radius 3 is 2.75 bits per heavy atom. The van der Waals surface area contributed by atoms with Crippen molar-refractivity contribution in [2.45, 2.75) is 23.7 Å². The molecule has 0 aromatic carbocycles. The van der Waals surface area contributed by atoms with Crippen LogP contribution >= 0.6 is 11.6 Å². The first kappa shape index (κ1) is 13.8. The third kappa shape index (κ3) is 1.19. The van der Waals surface area contributed by atoms with Crippen LogP contribution in [0.1, 0.15) is 0 Å². The zero-order valence-corrected chi connectivity index (χ0v) is 10.7. The highest BCUT2D eigenvalue weighted by atomic mass is 35.5. The molecule has 1 unspecified atom stereocenters. The van der Waals surface area contributed by atoms with Gasteiger partial charge in [-0.15, -0.1) is 21.1 Å². The van der Waals surface area contributed by atoms with E-state index in [4.69, 9.17) is 22.1 Å². The van der Waals surface area contributed by atoms with Crippen molar-refractivity contribution in [3.05, 3.63) is 12.0 Å². The van der Waals surface area contributed by atoms with E-state index in [2.05, 4.69) is 4.99 Å². The lowest BCUT2D eigenvalue weighted by Crippen LogP contribution is -2.57. The van der Waals surface area contributed by atoms with Crippen LogP contribution in [-0.4, -0.2) is 62.8 Å². The van der Waals surface area contributed by atoms with E-state index in [0.29, 0.717) is 6.20 Å². The lowest BCUT2D eigenvalue weighted by atomic mass is 9.98. The summed E-state index contributed by atoms with van der Waals surface area (Å²) in [7, 11) is 0. The van der Waals surface area contributed by atoms with Gasteiger partial charge in [-0.3, -0.25) is 0 Å². The normalized spacial score (nSPS) is 50.0. The molecule has 110 valence electrons. The van der Waals surface area contributed by atoms with E-state index in [1.165, 1.54) is 0 Å². The summed E-state index contributed by atoms with van der Waals surface area (Å²) < 4.78 is 32.4. The number of nitrogens with two attached hydrogens (primary N) is 1. The molecule has 1 spiro atoms. The Morgan fingerprint density at radius 2 is 2.30 bits per heavy atom. The van der Waals surface area contributed by atoms with Gasteiger partial charge in [0.05, 0.1) is 12.5 Å². The number of carbonyl (C=O) groups is 1. The minimum absolute atomic E-state index is 0.390. The molecule has 0 bridgehead atoms. The number of aliphatic hydroxyl groups is 2. The lowest BCUT2D eigenvalue weighted by Gasteiger charge is -2.32. The van der Waals surface area contributed by atoms with Gasteiger partial charge in [0.25, 0.3) is 0 Å². The minimum Gasteiger partial charge on any atom is -0.393 e. The number of ether oxygens (including phenoxy) is 1. The summed E-state index contributed by atoms with van der Waals surface area (Å²) in [5, 5.41) is 19.3. The molecule has 3 rings (SSSR count). The largest absolute Gasteiger partial charge is 0.454 e. The average Bonchev–Trinajstić information content (AvgIpc) is 2.82. The molecule has 7 nitrogen and oxygen atoms in total. The number of nitrogens with zero attached hydrogens (tertiary/aromatic N) is 2. The molecule has 3 heterocycles. The maximum absolute atomic E-state index is 14.9. The molecule has 10 heteroatoms. The Hall–Kier alpha value is -1.13. The van der Waals surface area contributed by atoms with Gasteiger partial charge in [-0.05, 0) is 0 Å². The fourth-order valence-corrected chi connectivity index (χ4v) is 3.07. The van der Waals surface area contributed by atoms with Crippen molar-refractivity contribution in [1.82, 2.24) is 0 Å². The molecule has 0 saturated carbocycles. The third-order valence-corrected chi connectivity index (χ3v) is 4.48. The maximum Gasteiger partial charge on any atom is 0.454 e. The predicted octanol–water partition coefficient (Wildman–Crippen LogP) is -0.529. The maximum atomic E-state index is 14.9. The van der Waals surface area contributed by atoms with Crippen LogP contribution in [0, 0.1) is 0 Å².